The topological polar surface area (TPSA) is 80.4 Å². The van der Waals surface area contributed by atoms with Crippen molar-refractivity contribution in [2.45, 2.75) is 76.6 Å². The van der Waals surface area contributed by atoms with E-state index in [9.17, 15) is 23.2 Å². The molecule has 2 aromatic heterocycles. The van der Waals surface area contributed by atoms with Gasteiger partial charge in [-0.15, -0.1) is 0 Å². The molecule has 2 amide bonds. The highest BCUT2D eigenvalue weighted by molar-refractivity contribution is 5.83. The Hall–Kier alpha value is -4.22. The summed E-state index contributed by atoms with van der Waals surface area (Å²) < 4.78 is 42.0. The van der Waals surface area contributed by atoms with E-state index in [0.717, 1.165) is 75.7 Å². The first kappa shape index (κ1) is 35.1. The molecule has 2 aliphatic heterocycles. The number of alkyl halides is 3. The largest absolute Gasteiger partial charge is 0.406 e. The van der Waals surface area contributed by atoms with Crippen LogP contribution in [0.1, 0.15) is 62.9 Å². The van der Waals surface area contributed by atoms with Crippen LogP contribution in [0.2, 0.25) is 0 Å². The number of urea groups is 1. The minimum Gasteiger partial charge on any atom is -0.373 e. The van der Waals surface area contributed by atoms with Gasteiger partial charge in [-0.1, -0.05) is 12.0 Å². The lowest BCUT2D eigenvalue weighted by atomic mass is 9.90. The molecule has 1 aromatic carbocycles. The van der Waals surface area contributed by atoms with Crippen LogP contribution in [0.25, 0.3) is 10.9 Å². The zero-order valence-electron chi connectivity index (χ0n) is 28.4. The zero-order valence-corrected chi connectivity index (χ0v) is 28.4. The van der Waals surface area contributed by atoms with Gasteiger partial charge in [0.15, 0.2) is 0 Å². The normalized spacial score (nSPS) is 16.6. The Morgan fingerprint density at radius 3 is 2.31 bits per heavy atom. The number of carbonyl (C=O) groups is 1. The number of fused-ring (bicyclic) bond motifs is 1. The average molecular weight is 662 g/mol. The van der Waals surface area contributed by atoms with Crippen molar-refractivity contribution >= 4 is 22.6 Å². The number of pyridine rings is 1. The highest BCUT2D eigenvalue weighted by atomic mass is 19.4. The Labute approximate surface area is 281 Å². The molecule has 0 radical (unpaired) electrons. The first-order chi connectivity index (χ1) is 22.8. The fourth-order valence-electron chi connectivity index (χ4n) is 6.69. The number of rotatable bonds is 8. The second kappa shape index (κ2) is 14.9. The van der Waals surface area contributed by atoms with E-state index in [-0.39, 0.29) is 12.6 Å². The van der Waals surface area contributed by atoms with Gasteiger partial charge in [0.25, 0.3) is 0 Å². The SMILES string of the molecule is CN(C)C1CCN(C(=O)N2CCC(CCc3ccc4c(c3)cc(C#CCNc3ccc(C(C)(C)C#N)nc3)n4CC(F)(F)F)CC2)CC1. The molecule has 256 valence electrons. The van der Waals surface area contributed by atoms with E-state index in [2.05, 4.69) is 47.2 Å². The molecule has 48 heavy (non-hydrogen) atoms. The van der Waals surface area contributed by atoms with Crippen LogP contribution in [0.4, 0.5) is 23.7 Å². The third-order valence-electron chi connectivity index (χ3n) is 9.78. The summed E-state index contributed by atoms with van der Waals surface area (Å²) in [6, 6.07) is 13.9. The molecular weight excluding hydrogens is 615 g/mol. The summed E-state index contributed by atoms with van der Waals surface area (Å²) in [6.07, 6.45) is 3.02. The van der Waals surface area contributed by atoms with E-state index in [0.29, 0.717) is 34.6 Å². The maximum absolute atomic E-state index is 13.6. The van der Waals surface area contributed by atoms with Gasteiger partial charge in [0.05, 0.1) is 41.3 Å². The second-order valence-electron chi connectivity index (χ2n) is 13.9. The number of amides is 2. The molecule has 0 unspecified atom stereocenters. The molecule has 1 N–H and O–H groups in total. The number of piperidine rings is 2. The number of aromatic nitrogens is 2. The summed E-state index contributed by atoms with van der Waals surface area (Å²) in [5.41, 5.74) is 2.57. The monoisotopic (exact) mass is 661 g/mol. The van der Waals surface area contributed by atoms with Crippen molar-refractivity contribution < 1.29 is 18.0 Å². The molecular formula is C37H46F3N7O. The molecule has 5 rings (SSSR count). The molecule has 4 heterocycles. The number of hydrogen-bond acceptors (Lipinski definition) is 5. The predicted octanol–water partition coefficient (Wildman–Crippen LogP) is 6.65. The van der Waals surface area contributed by atoms with Gasteiger partial charge in [-0.3, -0.25) is 4.98 Å². The molecule has 0 atom stereocenters. The minimum atomic E-state index is -4.39. The number of benzene rings is 1. The summed E-state index contributed by atoms with van der Waals surface area (Å²) in [5, 5.41) is 13.2. The third kappa shape index (κ3) is 8.82. The van der Waals surface area contributed by atoms with E-state index in [4.69, 9.17) is 0 Å². The van der Waals surface area contributed by atoms with Crippen molar-refractivity contribution in [3.8, 4) is 17.9 Å². The summed E-state index contributed by atoms with van der Waals surface area (Å²) in [6.45, 7) is 5.87. The van der Waals surface area contributed by atoms with E-state index < -0.39 is 18.1 Å². The summed E-state index contributed by atoms with van der Waals surface area (Å²) in [4.78, 5) is 23.7. The van der Waals surface area contributed by atoms with Gasteiger partial charge in [0, 0.05) is 43.1 Å². The Bertz CT molecular complexity index is 1660. The number of anilines is 1. The van der Waals surface area contributed by atoms with Crippen molar-refractivity contribution in [1.29, 1.82) is 5.26 Å². The van der Waals surface area contributed by atoms with Crippen LogP contribution < -0.4 is 5.32 Å². The molecule has 2 saturated heterocycles. The van der Waals surface area contributed by atoms with E-state index >= 15 is 0 Å². The number of nitrogens with zero attached hydrogens (tertiary/aromatic N) is 6. The number of nitrogens with one attached hydrogen (secondary N) is 1. The lowest BCUT2D eigenvalue weighted by Gasteiger charge is -2.40. The average Bonchev–Trinajstić information content (AvgIpc) is 3.40. The maximum Gasteiger partial charge on any atom is 0.406 e. The second-order valence-corrected chi connectivity index (χ2v) is 13.9. The Morgan fingerprint density at radius 1 is 1.02 bits per heavy atom. The number of carbonyl (C=O) groups excluding carboxylic acids is 1. The summed E-state index contributed by atoms with van der Waals surface area (Å²) in [7, 11) is 4.20. The zero-order chi connectivity index (χ0) is 34.5. The third-order valence-corrected chi connectivity index (χ3v) is 9.78. The number of nitriles is 1. The van der Waals surface area contributed by atoms with Crippen LogP contribution in [-0.4, -0.2) is 89.3 Å². The van der Waals surface area contributed by atoms with Crippen LogP contribution in [0.5, 0.6) is 0 Å². The Morgan fingerprint density at radius 2 is 1.71 bits per heavy atom. The van der Waals surface area contributed by atoms with Crippen molar-refractivity contribution in [2.75, 3.05) is 52.1 Å². The maximum atomic E-state index is 13.6. The molecule has 0 spiro atoms. The molecule has 0 saturated carbocycles. The van der Waals surface area contributed by atoms with Crippen molar-refractivity contribution in [1.82, 2.24) is 24.3 Å². The van der Waals surface area contributed by atoms with Crippen molar-refractivity contribution in [3.63, 3.8) is 0 Å². The van der Waals surface area contributed by atoms with Gasteiger partial charge in [-0.2, -0.15) is 18.4 Å². The van der Waals surface area contributed by atoms with Crippen LogP contribution in [0, 0.1) is 29.1 Å². The van der Waals surface area contributed by atoms with Gasteiger partial charge in [0.2, 0.25) is 0 Å². The van der Waals surface area contributed by atoms with Crippen molar-refractivity contribution in [2.24, 2.45) is 5.92 Å². The van der Waals surface area contributed by atoms with E-state index in [1.807, 2.05) is 28.0 Å². The Kier molecular flexibility index (Phi) is 10.9. The lowest BCUT2D eigenvalue weighted by Crippen LogP contribution is -2.51. The van der Waals surface area contributed by atoms with Gasteiger partial charge < -0.3 is 24.6 Å². The lowest BCUT2D eigenvalue weighted by molar-refractivity contribution is -0.140. The predicted molar refractivity (Wildman–Crippen MR) is 183 cm³/mol. The standard InChI is InChI=1S/C37H46F3N7O/c1-36(2,25-41)34-12-10-30(24-43-34)42-17-5-6-32-23-29-22-28(9-11-33(29)47(32)26-37(38,39)40)8-7-27-13-18-45(19-14-27)35(48)46-20-15-31(16-21-46)44(3)4/h9-12,22-24,27,31,42H,7-8,13-21,26H2,1-4H3. The number of halogens is 3. The summed E-state index contributed by atoms with van der Waals surface area (Å²) in [5.74, 6) is 6.40. The van der Waals surface area contributed by atoms with Crippen LogP contribution in [0.15, 0.2) is 42.6 Å². The fraction of sp³-hybridized carbons (Fsp3) is 0.541. The van der Waals surface area contributed by atoms with Crippen LogP contribution in [0.3, 0.4) is 0 Å². The fourth-order valence-corrected chi connectivity index (χ4v) is 6.69. The number of likely N-dealkylation sites (tertiary alicyclic amines) is 2. The van der Waals surface area contributed by atoms with Crippen LogP contribution >= 0.6 is 0 Å². The van der Waals surface area contributed by atoms with Gasteiger partial charge in [-0.25, -0.2) is 4.79 Å². The smallest absolute Gasteiger partial charge is 0.373 e. The molecule has 11 heteroatoms. The molecule has 8 nitrogen and oxygen atoms in total. The highest BCUT2D eigenvalue weighted by Gasteiger charge is 2.31. The van der Waals surface area contributed by atoms with Crippen LogP contribution in [-0.2, 0) is 18.4 Å². The number of aryl methyl sites for hydroxylation is 1. The number of hydrogen-bond donors (Lipinski definition) is 1. The Balaban J connectivity index is 1.17. The molecule has 3 aromatic rings. The quantitative estimate of drug-likeness (QED) is 0.274. The molecule has 2 aliphatic rings. The molecule has 0 bridgehead atoms. The molecule has 0 aliphatic carbocycles. The highest BCUT2D eigenvalue weighted by Crippen LogP contribution is 2.29. The van der Waals surface area contributed by atoms with Gasteiger partial charge in [0.1, 0.15) is 6.54 Å². The van der Waals surface area contributed by atoms with E-state index in [1.54, 1.807) is 38.2 Å². The molecule has 2 fully saturated rings. The summed E-state index contributed by atoms with van der Waals surface area (Å²) >= 11 is 0. The van der Waals surface area contributed by atoms with Gasteiger partial charge >= 0.3 is 12.2 Å². The minimum absolute atomic E-state index is 0.168. The van der Waals surface area contributed by atoms with Gasteiger partial charge in [-0.05, 0) is 114 Å². The van der Waals surface area contributed by atoms with E-state index in [1.165, 1.54) is 4.57 Å². The first-order valence-corrected chi connectivity index (χ1v) is 16.8. The van der Waals surface area contributed by atoms with Crippen molar-refractivity contribution in [3.05, 3.63) is 59.5 Å². The first-order valence-electron chi connectivity index (χ1n) is 16.8.